The number of pyridine rings is 2. The van der Waals surface area contributed by atoms with E-state index in [2.05, 4.69) is 10.1 Å². The molecule has 0 atom stereocenters. The van der Waals surface area contributed by atoms with Crippen molar-refractivity contribution in [2.75, 3.05) is 0 Å². The minimum atomic E-state index is -4.62. The van der Waals surface area contributed by atoms with Gasteiger partial charge in [-0.3, -0.25) is 19.0 Å². The minimum Gasteiger partial charge on any atom is -0.287 e. The summed E-state index contributed by atoms with van der Waals surface area (Å²) in [4.78, 5) is 16.4. The van der Waals surface area contributed by atoms with E-state index in [4.69, 9.17) is 0 Å². The van der Waals surface area contributed by atoms with Crippen LogP contribution in [-0.2, 0) is 19.8 Å². The van der Waals surface area contributed by atoms with E-state index in [1.807, 2.05) is 0 Å². The quantitative estimate of drug-likeness (QED) is 0.728. The topological polar surface area (TPSA) is 52.7 Å². The molecule has 0 unspecified atom stereocenters. The summed E-state index contributed by atoms with van der Waals surface area (Å²) in [6, 6.07) is 5.81. The summed E-state index contributed by atoms with van der Waals surface area (Å²) in [5, 5.41) is 3.98. The lowest BCUT2D eigenvalue weighted by atomic mass is 10.1. The van der Waals surface area contributed by atoms with Crippen molar-refractivity contribution in [3.05, 3.63) is 57.8 Å². The van der Waals surface area contributed by atoms with E-state index >= 15 is 0 Å². The van der Waals surface area contributed by atoms with Crippen LogP contribution in [0.3, 0.4) is 0 Å². The molecule has 0 amide bonds. The van der Waals surface area contributed by atoms with Gasteiger partial charge in [-0.1, -0.05) is 6.07 Å². The molecule has 0 saturated carbocycles. The molecule has 0 saturated heterocycles. The van der Waals surface area contributed by atoms with Gasteiger partial charge in [-0.15, -0.1) is 0 Å². The monoisotopic (exact) mass is 322 g/mol. The van der Waals surface area contributed by atoms with Gasteiger partial charge in [0.25, 0.3) is 5.56 Å². The lowest BCUT2D eigenvalue weighted by Crippen LogP contribution is -2.25. The van der Waals surface area contributed by atoms with E-state index in [-0.39, 0.29) is 23.3 Å². The minimum absolute atomic E-state index is 0.0597. The normalized spacial score (nSPS) is 12.0. The molecule has 5 nitrogen and oxygen atoms in total. The lowest BCUT2D eigenvalue weighted by molar-refractivity contribution is -0.136. The van der Waals surface area contributed by atoms with Crippen molar-refractivity contribution in [2.45, 2.75) is 19.6 Å². The first-order valence-electron chi connectivity index (χ1n) is 6.83. The lowest BCUT2D eigenvalue weighted by Gasteiger charge is -2.13. The summed E-state index contributed by atoms with van der Waals surface area (Å²) in [7, 11) is 1.52. The number of hydrogen-bond acceptors (Lipinski definition) is 3. The Hall–Kier alpha value is -2.64. The summed E-state index contributed by atoms with van der Waals surface area (Å²) in [6.45, 7) is 1.57. The van der Waals surface area contributed by atoms with E-state index in [1.54, 1.807) is 24.4 Å². The fourth-order valence-electron chi connectivity index (χ4n) is 2.68. The van der Waals surface area contributed by atoms with Crippen LogP contribution in [0.2, 0.25) is 0 Å². The third kappa shape index (κ3) is 2.60. The van der Waals surface area contributed by atoms with Crippen LogP contribution in [0.15, 0.2) is 35.3 Å². The van der Waals surface area contributed by atoms with Crippen molar-refractivity contribution in [1.82, 2.24) is 19.3 Å². The molecular weight excluding hydrogens is 309 g/mol. The second-order valence-electron chi connectivity index (χ2n) is 5.21. The van der Waals surface area contributed by atoms with E-state index in [0.717, 1.165) is 0 Å². The van der Waals surface area contributed by atoms with Crippen molar-refractivity contribution in [2.24, 2.45) is 7.05 Å². The zero-order valence-electron chi connectivity index (χ0n) is 12.4. The standard InChI is InChI=1S/C15H13F3N4O/c1-9-13-11(15(16,17)18)7-12(23)22(14(13)21(2)20-9)8-10-5-3-4-6-19-10/h3-7H,8H2,1-2H3. The maximum atomic E-state index is 13.2. The average molecular weight is 322 g/mol. The third-order valence-electron chi connectivity index (χ3n) is 3.60. The first kappa shape index (κ1) is 15.3. The van der Waals surface area contributed by atoms with Crippen LogP contribution in [0.1, 0.15) is 17.0 Å². The van der Waals surface area contributed by atoms with Crippen molar-refractivity contribution in [3.63, 3.8) is 0 Å². The first-order valence-corrected chi connectivity index (χ1v) is 6.83. The number of hydrogen-bond donors (Lipinski definition) is 0. The number of rotatable bonds is 2. The predicted octanol–water partition coefficient (Wildman–Crippen LogP) is 2.51. The molecule has 8 heteroatoms. The Morgan fingerprint density at radius 1 is 1.26 bits per heavy atom. The molecule has 0 aliphatic heterocycles. The van der Waals surface area contributed by atoms with Crippen LogP contribution >= 0.6 is 0 Å². The van der Waals surface area contributed by atoms with Crippen molar-refractivity contribution in [3.8, 4) is 0 Å². The molecule has 0 aromatic carbocycles. The molecule has 23 heavy (non-hydrogen) atoms. The van der Waals surface area contributed by atoms with Gasteiger partial charge in [0.2, 0.25) is 0 Å². The maximum Gasteiger partial charge on any atom is 0.417 e. The molecule has 0 N–H and O–H groups in total. The van der Waals surface area contributed by atoms with Gasteiger partial charge in [0, 0.05) is 19.3 Å². The van der Waals surface area contributed by atoms with Gasteiger partial charge < -0.3 is 0 Å². The molecule has 0 spiro atoms. The molecule has 0 aliphatic carbocycles. The van der Waals surface area contributed by atoms with Crippen molar-refractivity contribution >= 4 is 11.0 Å². The molecule has 0 radical (unpaired) electrons. The van der Waals surface area contributed by atoms with Gasteiger partial charge in [-0.05, 0) is 19.1 Å². The van der Waals surface area contributed by atoms with Crippen LogP contribution in [0.4, 0.5) is 13.2 Å². The first-order chi connectivity index (χ1) is 10.8. The fourth-order valence-corrected chi connectivity index (χ4v) is 2.68. The largest absolute Gasteiger partial charge is 0.417 e. The van der Waals surface area contributed by atoms with Crippen LogP contribution in [0.25, 0.3) is 11.0 Å². The molecule has 3 aromatic heterocycles. The molecule has 3 heterocycles. The molecule has 0 aliphatic rings. The van der Waals surface area contributed by atoms with Gasteiger partial charge in [0.05, 0.1) is 28.9 Å². The summed E-state index contributed by atoms with van der Waals surface area (Å²) in [5.74, 6) is 0. The molecule has 3 rings (SSSR count). The van der Waals surface area contributed by atoms with Gasteiger partial charge in [-0.2, -0.15) is 18.3 Å². The zero-order valence-corrected chi connectivity index (χ0v) is 12.4. The van der Waals surface area contributed by atoms with Crippen LogP contribution < -0.4 is 5.56 Å². The molecular formula is C15H13F3N4O. The van der Waals surface area contributed by atoms with Gasteiger partial charge in [0.1, 0.15) is 5.65 Å². The highest BCUT2D eigenvalue weighted by Crippen LogP contribution is 2.35. The Labute approximate surface area is 129 Å². The Kier molecular flexibility index (Phi) is 3.46. The van der Waals surface area contributed by atoms with Gasteiger partial charge in [-0.25, -0.2) is 0 Å². The van der Waals surface area contributed by atoms with E-state index < -0.39 is 17.3 Å². The highest BCUT2D eigenvalue weighted by Gasteiger charge is 2.35. The van der Waals surface area contributed by atoms with Crippen molar-refractivity contribution < 1.29 is 13.2 Å². The Bertz CT molecular complexity index is 926. The van der Waals surface area contributed by atoms with E-state index in [1.165, 1.54) is 23.2 Å². The number of fused-ring (bicyclic) bond motifs is 1. The summed E-state index contributed by atoms with van der Waals surface area (Å²) >= 11 is 0. The average Bonchev–Trinajstić information content (AvgIpc) is 2.77. The number of alkyl halides is 3. The smallest absolute Gasteiger partial charge is 0.287 e. The van der Waals surface area contributed by atoms with Crippen LogP contribution in [-0.4, -0.2) is 19.3 Å². The van der Waals surface area contributed by atoms with Crippen LogP contribution in [0, 0.1) is 6.92 Å². The molecule has 0 fully saturated rings. The van der Waals surface area contributed by atoms with Gasteiger partial charge >= 0.3 is 6.18 Å². The third-order valence-corrected chi connectivity index (χ3v) is 3.60. The highest BCUT2D eigenvalue weighted by molar-refractivity contribution is 5.83. The summed E-state index contributed by atoms with van der Waals surface area (Å²) in [5.41, 5.74) is -0.758. The second kappa shape index (κ2) is 5.22. The van der Waals surface area contributed by atoms with Gasteiger partial charge in [0.15, 0.2) is 0 Å². The number of aryl methyl sites for hydroxylation is 2. The zero-order chi connectivity index (χ0) is 16.8. The van der Waals surface area contributed by atoms with E-state index in [0.29, 0.717) is 11.8 Å². The number of halogens is 3. The molecule has 0 bridgehead atoms. The number of aromatic nitrogens is 4. The second-order valence-corrected chi connectivity index (χ2v) is 5.21. The maximum absolute atomic E-state index is 13.2. The predicted molar refractivity (Wildman–Crippen MR) is 78.1 cm³/mol. The highest BCUT2D eigenvalue weighted by atomic mass is 19.4. The van der Waals surface area contributed by atoms with E-state index in [9.17, 15) is 18.0 Å². The summed E-state index contributed by atoms with van der Waals surface area (Å²) < 4.78 is 42.3. The Morgan fingerprint density at radius 3 is 2.61 bits per heavy atom. The molecule has 3 aromatic rings. The summed E-state index contributed by atoms with van der Waals surface area (Å²) in [6.07, 6.45) is -3.05. The van der Waals surface area contributed by atoms with Crippen LogP contribution in [0.5, 0.6) is 0 Å². The SMILES string of the molecule is Cc1nn(C)c2c1c(C(F)(F)F)cc(=O)n2Cc1ccccn1. The molecule has 120 valence electrons. The van der Waals surface area contributed by atoms with Crippen molar-refractivity contribution in [1.29, 1.82) is 0 Å². The fraction of sp³-hybridized carbons (Fsp3) is 0.267. The Morgan fingerprint density at radius 2 is 2.00 bits per heavy atom. The number of nitrogens with zero attached hydrogens (tertiary/aromatic N) is 4. The Balaban J connectivity index is 2.32.